The van der Waals surface area contributed by atoms with E-state index in [0.717, 1.165) is 4.90 Å². The Morgan fingerprint density at radius 2 is 1.71 bits per heavy atom. The summed E-state index contributed by atoms with van der Waals surface area (Å²) in [4.78, 5) is 40.5. The van der Waals surface area contributed by atoms with Crippen molar-refractivity contribution in [1.29, 1.82) is 0 Å². The molecule has 0 spiro atoms. The highest BCUT2D eigenvalue weighted by Gasteiger charge is 2.38. The number of imide groups is 1. The van der Waals surface area contributed by atoms with E-state index in [1.54, 1.807) is 0 Å². The van der Waals surface area contributed by atoms with Gasteiger partial charge in [0.05, 0.1) is 11.5 Å². The molecule has 0 aromatic heterocycles. The van der Waals surface area contributed by atoms with E-state index in [2.05, 4.69) is 0 Å². The van der Waals surface area contributed by atoms with Crippen LogP contribution in [0, 0.1) is 0 Å². The summed E-state index contributed by atoms with van der Waals surface area (Å²) in [6.07, 6.45) is 0.297. The normalized spacial score (nSPS) is 19.3. The van der Waals surface area contributed by atoms with E-state index in [0.29, 0.717) is 13.0 Å². The topological polar surface area (TPSA) is 121 Å². The van der Waals surface area contributed by atoms with E-state index in [-0.39, 0.29) is 31.1 Å². The third-order valence-corrected chi connectivity index (χ3v) is 5.61. The standard InChI is InChI=1S/C14H26N4O5S/c1-11(19)17(6-5-15)13(20)14(21)18(8-7-16(2)3)12-4-9-24(22,23)10-12/h12H,4-10,15H2,1-3H3. The number of nitrogens with two attached hydrogens (primary N) is 1. The lowest BCUT2D eigenvalue weighted by molar-refractivity contribution is -0.157. The van der Waals surface area contributed by atoms with E-state index < -0.39 is 33.6 Å². The van der Waals surface area contributed by atoms with Gasteiger partial charge in [-0.15, -0.1) is 0 Å². The Labute approximate surface area is 142 Å². The van der Waals surface area contributed by atoms with E-state index in [4.69, 9.17) is 5.73 Å². The van der Waals surface area contributed by atoms with Crippen LogP contribution < -0.4 is 5.73 Å². The number of likely N-dealkylation sites (N-methyl/N-ethyl adjacent to an activating group) is 1. The lowest BCUT2D eigenvalue weighted by atomic mass is 10.2. The van der Waals surface area contributed by atoms with Crippen LogP contribution in [0.25, 0.3) is 0 Å². The summed E-state index contributed by atoms with van der Waals surface area (Å²) in [5.74, 6) is -2.54. The maximum Gasteiger partial charge on any atom is 0.318 e. The van der Waals surface area contributed by atoms with Crippen molar-refractivity contribution in [2.45, 2.75) is 19.4 Å². The average molecular weight is 362 g/mol. The third kappa shape index (κ3) is 5.53. The first-order chi connectivity index (χ1) is 11.1. The summed E-state index contributed by atoms with van der Waals surface area (Å²) < 4.78 is 23.4. The van der Waals surface area contributed by atoms with Gasteiger partial charge in [-0.2, -0.15) is 0 Å². The van der Waals surface area contributed by atoms with Gasteiger partial charge in [0.1, 0.15) is 0 Å². The molecule has 1 heterocycles. The highest BCUT2D eigenvalue weighted by atomic mass is 32.2. The molecule has 0 aromatic carbocycles. The van der Waals surface area contributed by atoms with Crippen molar-refractivity contribution in [3.05, 3.63) is 0 Å². The molecule has 10 heteroatoms. The smallest absolute Gasteiger partial charge is 0.318 e. The molecule has 1 rings (SSSR count). The fourth-order valence-electron chi connectivity index (χ4n) is 2.55. The third-order valence-electron chi connectivity index (χ3n) is 3.86. The van der Waals surface area contributed by atoms with Crippen molar-refractivity contribution in [2.75, 3.05) is 51.8 Å². The van der Waals surface area contributed by atoms with Gasteiger partial charge < -0.3 is 15.5 Å². The van der Waals surface area contributed by atoms with Crippen LogP contribution in [0.4, 0.5) is 0 Å². The molecule has 24 heavy (non-hydrogen) atoms. The Bertz CT molecular complexity index is 590. The highest BCUT2D eigenvalue weighted by molar-refractivity contribution is 7.91. The molecule has 0 aromatic rings. The SMILES string of the molecule is CC(=O)N(CCN)C(=O)C(=O)N(CCN(C)C)C1CCS(=O)(=O)C1. The lowest BCUT2D eigenvalue weighted by Crippen LogP contribution is -2.53. The van der Waals surface area contributed by atoms with Gasteiger partial charge in [0.15, 0.2) is 9.84 Å². The molecular formula is C14H26N4O5S. The minimum absolute atomic E-state index is 0.00315. The molecule has 0 bridgehead atoms. The molecule has 1 fully saturated rings. The predicted octanol–water partition coefficient (Wildman–Crippen LogP) is -2.10. The van der Waals surface area contributed by atoms with E-state index in [9.17, 15) is 22.8 Å². The second-order valence-corrected chi connectivity index (χ2v) is 8.35. The summed E-state index contributed by atoms with van der Waals surface area (Å²) in [6.45, 7) is 1.88. The molecule has 0 aliphatic carbocycles. The molecule has 3 amide bonds. The minimum atomic E-state index is -3.20. The molecule has 0 radical (unpaired) electrons. The number of rotatable bonds is 6. The zero-order valence-electron chi connectivity index (χ0n) is 14.4. The molecule has 1 saturated heterocycles. The minimum Gasteiger partial charge on any atom is -0.329 e. The summed E-state index contributed by atoms with van der Waals surface area (Å²) in [7, 11) is 0.419. The molecule has 1 atom stereocenters. The van der Waals surface area contributed by atoms with Crippen LogP contribution in [0.2, 0.25) is 0 Å². The first-order valence-corrected chi connectivity index (χ1v) is 9.59. The van der Waals surface area contributed by atoms with Gasteiger partial charge in [-0.25, -0.2) is 8.42 Å². The number of hydrogen-bond donors (Lipinski definition) is 1. The van der Waals surface area contributed by atoms with E-state index in [1.807, 2.05) is 19.0 Å². The van der Waals surface area contributed by atoms with Gasteiger partial charge in [0, 0.05) is 39.1 Å². The maximum absolute atomic E-state index is 12.6. The van der Waals surface area contributed by atoms with Gasteiger partial charge in [-0.05, 0) is 20.5 Å². The van der Waals surface area contributed by atoms with Gasteiger partial charge >= 0.3 is 11.8 Å². The van der Waals surface area contributed by atoms with Crippen LogP contribution in [0.15, 0.2) is 0 Å². The van der Waals surface area contributed by atoms with Gasteiger partial charge in [-0.3, -0.25) is 19.3 Å². The number of amides is 3. The van der Waals surface area contributed by atoms with Gasteiger partial charge in [0.2, 0.25) is 5.91 Å². The Balaban J connectivity index is 2.98. The molecule has 1 unspecified atom stereocenters. The van der Waals surface area contributed by atoms with Crippen LogP contribution in [-0.4, -0.2) is 98.7 Å². The summed E-state index contributed by atoms with van der Waals surface area (Å²) in [5, 5.41) is 0. The van der Waals surface area contributed by atoms with E-state index >= 15 is 0 Å². The number of carbonyl (C=O) groups excluding carboxylic acids is 3. The molecule has 138 valence electrons. The molecule has 0 saturated carbocycles. The fraction of sp³-hybridized carbons (Fsp3) is 0.786. The average Bonchev–Trinajstić information content (AvgIpc) is 2.83. The van der Waals surface area contributed by atoms with Crippen LogP contribution >= 0.6 is 0 Å². The fourth-order valence-corrected chi connectivity index (χ4v) is 4.28. The quantitative estimate of drug-likeness (QED) is 0.537. The van der Waals surface area contributed by atoms with Crippen LogP contribution in [0.5, 0.6) is 0 Å². The highest BCUT2D eigenvalue weighted by Crippen LogP contribution is 2.18. The van der Waals surface area contributed by atoms with Crippen molar-refractivity contribution < 1.29 is 22.8 Å². The van der Waals surface area contributed by atoms with E-state index in [1.165, 1.54) is 11.8 Å². The zero-order chi connectivity index (χ0) is 18.5. The largest absolute Gasteiger partial charge is 0.329 e. The molecule has 1 aliphatic heterocycles. The zero-order valence-corrected chi connectivity index (χ0v) is 15.2. The summed E-state index contributed by atoms with van der Waals surface area (Å²) in [5.41, 5.74) is 5.38. The van der Waals surface area contributed by atoms with Crippen molar-refractivity contribution >= 4 is 27.6 Å². The number of hydrogen-bond acceptors (Lipinski definition) is 7. The van der Waals surface area contributed by atoms with Crippen LogP contribution in [0.3, 0.4) is 0 Å². The van der Waals surface area contributed by atoms with Crippen LogP contribution in [-0.2, 0) is 24.2 Å². The molecule has 2 N–H and O–H groups in total. The summed E-state index contributed by atoms with van der Waals surface area (Å²) >= 11 is 0. The Morgan fingerprint density at radius 3 is 2.12 bits per heavy atom. The molecule has 9 nitrogen and oxygen atoms in total. The first kappa shape index (κ1) is 20.5. The van der Waals surface area contributed by atoms with Gasteiger partial charge in [0.25, 0.3) is 0 Å². The Morgan fingerprint density at radius 1 is 1.08 bits per heavy atom. The molecule has 1 aliphatic rings. The van der Waals surface area contributed by atoms with Crippen molar-refractivity contribution in [2.24, 2.45) is 5.73 Å². The first-order valence-electron chi connectivity index (χ1n) is 7.77. The van der Waals surface area contributed by atoms with Crippen molar-refractivity contribution in [3.8, 4) is 0 Å². The van der Waals surface area contributed by atoms with Crippen molar-refractivity contribution in [3.63, 3.8) is 0 Å². The number of sulfone groups is 1. The van der Waals surface area contributed by atoms with Crippen molar-refractivity contribution in [1.82, 2.24) is 14.7 Å². The second kappa shape index (κ2) is 8.54. The van der Waals surface area contributed by atoms with Crippen LogP contribution in [0.1, 0.15) is 13.3 Å². The Hall–Kier alpha value is -1.52. The summed E-state index contributed by atoms with van der Waals surface area (Å²) in [6, 6.07) is -0.543. The lowest BCUT2D eigenvalue weighted by Gasteiger charge is -2.30. The van der Waals surface area contributed by atoms with Gasteiger partial charge in [-0.1, -0.05) is 0 Å². The maximum atomic E-state index is 12.6. The number of carbonyl (C=O) groups is 3. The molecular weight excluding hydrogens is 336 g/mol. The Kier molecular flexibility index (Phi) is 7.30. The number of nitrogens with zero attached hydrogens (tertiary/aromatic N) is 3. The predicted molar refractivity (Wildman–Crippen MR) is 88.8 cm³/mol. The second-order valence-electron chi connectivity index (χ2n) is 6.12. The monoisotopic (exact) mass is 362 g/mol.